The van der Waals surface area contributed by atoms with Crippen LogP contribution in [0.3, 0.4) is 0 Å². The van der Waals surface area contributed by atoms with Gasteiger partial charge in [-0.3, -0.25) is 0 Å². The molecule has 9 heteroatoms. The van der Waals surface area contributed by atoms with Crippen LogP contribution < -0.4 is 10.1 Å². The van der Waals surface area contributed by atoms with Gasteiger partial charge in [0.25, 0.3) is 0 Å². The van der Waals surface area contributed by atoms with Gasteiger partial charge in [0, 0.05) is 19.0 Å². The number of amides is 1. The van der Waals surface area contributed by atoms with Gasteiger partial charge < -0.3 is 19.7 Å². The summed E-state index contributed by atoms with van der Waals surface area (Å²) in [5.74, 6) is 2.31. The van der Waals surface area contributed by atoms with Gasteiger partial charge in [0.15, 0.2) is 5.69 Å². The highest BCUT2D eigenvalue weighted by atomic mass is 35.5. The summed E-state index contributed by atoms with van der Waals surface area (Å²) in [4.78, 5) is 26.5. The molecule has 35 heavy (non-hydrogen) atoms. The van der Waals surface area contributed by atoms with Crippen LogP contribution in [-0.2, 0) is 4.74 Å². The Bertz CT molecular complexity index is 1110. The predicted molar refractivity (Wildman–Crippen MR) is 135 cm³/mol. The van der Waals surface area contributed by atoms with Crippen molar-refractivity contribution in [1.29, 1.82) is 0 Å². The van der Waals surface area contributed by atoms with Crippen molar-refractivity contribution in [3.63, 3.8) is 0 Å². The maximum absolute atomic E-state index is 12.6. The number of nitrogens with one attached hydrogen (secondary N) is 1. The number of fused-ring (bicyclic) bond motifs is 2. The molecule has 1 saturated heterocycles. The number of carbonyl (C=O) groups excluding carboxylic acids is 1. The maximum atomic E-state index is 12.6. The van der Waals surface area contributed by atoms with Crippen molar-refractivity contribution in [2.24, 2.45) is 23.2 Å². The number of aromatic nitrogens is 2. The molecule has 1 aromatic carbocycles. The molecule has 1 aromatic heterocycles. The third-order valence-electron chi connectivity index (χ3n) is 6.70. The zero-order valence-electron chi connectivity index (χ0n) is 20.7. The van der Waals surface area contributed by atoms with Crippen LogP contribution in [0.25, 0.3) is 4.85 Å². The minimum atomic E-state index is -0.207. The Morgan fingerprint density at radius 1 is 1.26 bits per heavy atom. The zero-order chi connectivity index (χ0) is 25.2. The Kier molecular flexibility index (Phi) is 7.36. The molecule has 1 N–H and O–H groups in total. The molecule has 0 spiro atoms. The smallest absolute Gasteiger partial charge is 0.409 e. The summed E-state index contributed by atoms with van der Waals surface area (Å²) in [6.45, 7) is 17.6. The van der Waals surface area contributed by atoms with Crippen LogP contribution >= 0.6 is 11.6 Å². The summed E-state index contributed by atoms with van der Waals surface area (Å²) in [6.07, 6.45) is 3.45. The van der Waals surface area contributed by atoms with Gasteiger partial charge in [-0.05, 0) is 49.1 Å². The fourth-order valence-corrected chi connectivity index (χ4v) is 5.03. The maximum Gasteiger partial charge on any atom is 0.409 e. The van der Waals surface area contributed by atoms with E-state index in [4.69, 9.17) is 27.6 Å². The van der Waals surface area contributed by atoms with Crippen molar-refractivity contribution in [2.75, 3.05) is 31.6 Å². The Labute approximate surface area is 211 Å². The molecule has 8 nitrogen and oxygen atoms in total. The number of carbonyl (C=O) groups is 1. The van der Waals surface area contributed by atoms with E-state index >= 15 is 0 Å². The van der Waals surface area contributed by atoms with Crippen LogP contribution in [0, 0.1) is 36.7 Å². The third-order valence-corrected chi connectivity index (χ3v) is 7.01. The van der Waals surface area contributed by atoms with Crippen LogP contribution in [0.15, 0.2) is 24.5 Å². The number of hydrogen-bond acceptors (Lipinski definition) is 6. The van der Waals surface area contributed by atoms with Gasteiger partial charge in [-0.1, -0.05) is 38.4 Å². The number of piperidine rings is 1. The summed E-state index contributed by atoms with van der Waals surface area (Å²) < 4.78 is 11.7. The van der Waals surface area contributed by atoms with Gasteiger partial charge in [-0.2, -0.15) is 0 Å². The molecule has 1 aliphatic heterocycles. The number of nitrogens with zero attached hydrogens (tertiary/aromatic N) is 4. The average Bonchev–Trinajstić information content (AvgIpc) is 3.05. The summed E-state index contributed by atoms with van der Waals surface area (Å²) in [5.41, 5.74) is 1.88. The van der Waals surface area contributed by atoms with Crippen molar-refractivity contribution in [2.45, 2.75) is 40.5 Å². The van der Waals surface area contributed by atoms with Crippen LogP contribution in [0.1, 0.15) is 39.2 Å². The molecule has 4 rings (SSSR count). The van der Waals surface area contributed by atoms with E-state index in [9.17, 15) is 4.79 Å². The Morgan fingerprint density at radius 3 is 2.60 bits per heavy atom. The van der Waals surface area contributed by atoms with E-state index in [1.807, 2.05) is 11.8 Å². The normalized spacial score (nSPS) is 21.4. The first-order chi connectivity index (χ1) is 16.6. The highest BCUT2D eigenvalue weighted by Gasteiger charge is 2.44. The number of hydrogen-bond donors (Lipinski definition) is 1. The lowest BCUT2D eigenvalue weighted by molar-refractivity contribution is 0.0354. The number of likely N-dealkylation sites (tertiary alicyclic amines) is 1. The van der Waals surface area contributed by atoms with E-state index in [1.165, 1.54) is 6.33 Å². The summed E-state index contributed by atoms with van der Waals surface area (Å²) >= 11 is 6.31. The van der Waals surface area contributed by atoms with E-state index in [2.05, 4.69) is 40.9 Å². The standard InChI is InChI=1S/C26H32ClN5O3/c1-16-23(31-22-9-8-19(28-5)10-21(22)27)29-15-30-24(16)34-13-20-17-6-7-18(20)12-32(11-17)25(33)35-14-26(2,3)4/h8-10,15,17-18,20H,6-7,11-14H2,1-4H3,(H,29,30,31). The van der Waals surface area contributed by atoms with E-state index in [-0.39, 0.29) is 11.5 Å². The minimum absolute atomic E-state index is 0.0452. The molecular weight excluding hydrogens is 466 g/mol. The van der Waals surface area contributed by atoms with Gasteiger partial charge >= 0.3 is 6.09 Å². The summed E-state index contributed by atoms with van der Waals surface area (Å²) in [7, 11) is 0. The van der Waals surface area contributed by atoms with Crippen molar-refractivity contribution >= 4 is 34.9 Å². The number of benzene rings is 1. The quantitative estimate of drug-likeness (QED) is 0.475. The number of halogens is 1. The number of rotatable bonds is 6. The van der Waals surface area contributed by atoms with Gasteiger partial charge in [0.2, 0.25) is 5.88 Å². The first-order valence-electron chi connectivity index (χ1n) is 11.9. The van der Waals surface area contributed by atoms with Gasteiger partial charge in [-0.15, -0.1) is 0 Å². The molecule has 2 fully saturated rings. The van der Waals surface area contributed by atoms with E-state index in [0.29, 0.717) is 72.2 Å². The van der Waals surface area contributed by atoms with Gasteiger partial charge in [0.1, 0.15) is 12.1 Å². The van der Waals surface area contributed by atoms with E-state index in [1.54, 1.807) is 18.2 Å². The van der Waals surface area contributed by atoms with Gasteiger partial charge in [0.05, 0.1) is 36.1 Å². The van der Waals surface area contributed by atoms with Crippen LogP contribution in [-0.4, -0.2) is 47.3 Å². The van der Waals surface area contributed by atoms with Crippen molar-refractivity contribution in [3.8, 4) is 5.88 Å². The van der Waals surface area contributed by atoms with Crippen molar-refractivity contribution in [3.05, 3.63) is 46.5 Å². The Balaban J connectivity index is 1.37. The van der Waals surface area contributed by atoms with Crippen LogP contribution in [0.4, 0.5) is 22.0 Å². The molecule has 2 aromatic rings. The molecular formula is C26H32ClN5O3. The lowest BCUT2D eigenvalue weighted by Gasteiger charge is -2.37. The molecule has 1 amide bonds. The second-order valence-electron chi connectivity index (χ2n) is 10.6. The Hall–Kier alpha value is -3.05. The lowest BCUT2D eigenvalue weighted by atomic mass is 9.86. The van der Waals surface area contributed by atoms with E-state index in [0.717, 1.165) is 18.4 Å². The molecule has 2 unspecified atom stereocenters. The topological polar surface area (TPSA) is 80.9 Å². The molecule has 2 atom stereocenters. The predicted octanol–water partition coefficient (Wildman–Crippen LogP) is 6.25. The fraction of sp³-hybridized carbons (Fsp3) is 0.538. The van der Waals surface area contributed by atoms with Crippen molar-refractivity contribution < 1.29 is 14.3 Å². The summed E-state index contributed by atoms with van der Waals surface area (Å²) in [5, 5.41) is 3.66. The zero-order valence-corrected chi connectivity index (χ0v) is 21.4. The Morgan fingerprint density at radius 2 is 1.97 bits per heavy atom. The molecule has 186 valence electrons. The second kappa shape index (κ2) is 10.3. The fourth-order valence-electron chi connectivity index (χ4n) is 4.81. The summed E-state index contributed by atoms with van der Waals surface area (Å²) in [6, 6.07) is 5.08. The van der Waals surface area contributed by atoms with Crippen molar-refractivity contribution in [1.82, 2.24) is 14.9 Å². The molecule has 0 radical (unpaired) electrons. The monoisotopic (exact) mass is 497 g/mol. The lowest BCUT2D eigenvalue weighted by Crippen LogP contribution is -2.47. The van der Waals surface area contributed by atoms with Crippen LogP contribution in [0.2, 0.25) is 5.02 Å². The minimum Gasteiger partial charge on any atom is -0.477 e. The second-order valence-corrected chi connectivity index (χ2v) is 11.1. The molecule has 1 aliphatic carbocycles. The number of ether oxygens (including phenoxy) is 2. The molecule has 2 aliphatic rings. The number of anilines is 2. The first kappa shape index (κ1) is 25.1. The first-order valence-corrected chi connectivity index (χ1v) is 12.3. The van der Waals surface area contributed by atoms with Gasteiger partial charge in [-0.25, -0.2) is 19.6 Å². The molecule has 1 saturated carbocycles. The molecule has 2 bridgehead atoms. The third kappa shape index (κ3) is 5.96. The largest absolute Gasteiger partial charge is 0.477 e. The highest BCUT2D eigenvalue weighted by molar-refractivity contribution is 6.33. The average molecular weight is 498 g/mol. The SMILES string of the molecule is [C-]#[N+]c1ccc(Nc2ncnc(OCC3C4CCC3CN(C(=O)OCC(C)(C)C)C4)c2C)c(Cl)c1. The van der Waals surface area contributed by atoms with Crippen LogP contribution in [0.5, 0.6) is 5.88 Å². The van der Waals surface area contributed by atoms with E-state index < -0.39 is 0 Å². The molecule has 2 heterocycles. The highest BCUT2D eigenvalue weighted by Crippen LogP contribution is 2.42.